The third kappa shape index (κ3) is 4.80. The van der Waals surface area contributed by atoms with Crippen molar-refractivity contribution in [2.75, 3.05) is 32.1 Å². The minimum absolute atomic E-state index is 0.0978. The fourth-order valence-corrected chi connectivity index (χ4v) is 5.09. The molecule has 0 bridgehead atoms. The van der Waals surface area contributed by atoms with Crippen LogP contribution in [0.25, 0.3) is 6.08 Å². The van der Waals surface area contributed by atoms with Gasteiger partial charge in [0, 0.05) is 25.4 Å². The van der Waals surface area contributed by atoms with Crippen LogP contribution in [0.1, 0.15) is 23.7 Å². The zero-order valence-electron chi connectivity index (χ0n) is 17.6. The molecule has 1 aliphatic heterocycles. The lowest BCUT2D eigenvalue weighted by molar-refractivity contribution is -0.122. The molecule has 2 heterocycles. The van der Waals surface area contributed by atoms with Crippen molar-refractivity contribution < 1.29 is 9.59 Å². The Bertz CT molecular complexity index is 1030. The van der Waals surface area contributed by atoms with Gasteiger partial charge < -0.3 is 4.90 Å². The number of rotatable bonds is 6. The summed E-state index contributed by atoms with van der Waals surface area (Å²) in [5.41, 5.74) is 3.60. The van der Waals surface area contributed by atoms with Gasteiger partial charge in [0.15, 0.2) is 5.13 Å². The zero-order valence-corrected chi connectivity index (χ0v) is 20.1. The highest BCUT2D eigenvalue weighted by Crippen LogP contribution is 2.35. The number of thiocarbonyl (C=S) groups is 1. The van der Waals surface area contributed by atoms with Gasteiger partial charge in [0.2, 0.25) is 5.91 Å². The van der Waals surface area contributed by atoms with Crippen LogP contribution in [0.15, 0.2) is 28.5 Å². The van der Waals surface area contributed by atoms with E-state index in [1.165, 1.54) is 30.0 Å². The maximum Gasteiger partial charge on any atom is 0.266 e. The van der Waals surface area contributed by atoms with E-state index in [1.807, 2.05) is 56.4 Å². The summed E-state index contributed by atoms with van der Waals surface area (Å²) in [7, 11) is 3.92. The molecule has 1 aromatic carbocycles. The monoisotopic (exact) mass is 460 g/mol. The predicted octanol–water partition coefficient (Wildman–Crippen LogP) is 4.21. The Labute approximate surface area is 190 Å². The SMILES string of the molecule is CC(=O)N(c1nc(C=C2SC(=S)N(CCN(C)C)C2=O)cs1)c1cccc(C)c1C. The number of amides is 2. The second-order valence-electron chi connectivity index (χ2n) is 7.27. The van der Waals surface area contributed by atoms with Crippen LogP contribution < -0.4 is 4.90 Å². The van der Waals surface area contributed by atoms with Gasteiger partial charge in [-0.1, -0.05) is 36.1 Å². The quantitative estimate of drug-likeness (QED) is 0.476. The van der Waals surface area contributed by atoms with E-state index in [4.69, 9.17) is 12.2 Å². The van der Waals surface area contributed by atoms with E-state index in [0.29, 0.717) is 26.6 Å². The summed E-state index contributed by atoms with van der Waals surface area (Å²) >= 11 is 8.03. The van der Waals surface area contributed by atoms with Gasteiger partial charge in [-0.3, -0.25) is 19.4 Å². The highest BCUT2D eigenvalue weighted by Gasteiger charge is 2.32. The van der Waals surface area contributed by atoms with E-state index in [-0.39, 0.29) is 11.8 Å². The normalized spacial score (nSPS) is 15.5. The van der Waals surface area contributed by atoms with Crippen molar-refractivity contribution >= 4 is 68.3 Å². The van der Waals surface area contributed by atoms with Crippen molar-refractivity contribution in [2.24, 2.45) is 0 Å². The van der Waals surface area contributed by atoms with Gasteiger partial charge >= 0.3 is 0 Å². The van der Waals surface area contributed by atoms with E-state index in [2.05, 4.69) is 4.98 Å². The first-order valence-corrected chi connectivity index (χ1v) is 11.5. The van der Waals surface area contributed by atoms with Gasteiger partial charge in [-0.25, -0.2) is 4.98 Å². The van der Waals surface area contributed by atoms with Gasteiger partial charge in [0.1, 0.15) is 4.32 Å². The molecule has 0 aliphatic carbocycles. The minimum atomic E-state index is -0.111. The summed E-state index contributed by atoms with van der Waals surface area (Å²) in [5.74, 6) is -0.209. The maximum atomic E-state index is 12.7. The molecule has 0 spiro atoms. The molecule has 1 aliphatic rings. The van der Waals surface area contributed by atoms with Gasteiger partial charge in [-0.05, 0) is 51.2 Å². The van der Waals surface area contributed by atoms with Crippen molar-refractivity contribution in [3.63, 3.8) is 0 Å². The Balaban J connectivity index is 1.86. The Hall–Kier alpha value is -2.07. The summed E-state index contributed by atoms with van der Waals surface area (Å²) in [6.07, 6.45) is 1.75. The standard InChI is InChI=1S/C21H24N4O2S3/c1-13-7-6-8-17(14(13)2)25(15(3)26)20-22-16(12-29-20)11-18-19(27)24(21(28)30-18)10-9-23(4)5/h6-8,11-12H,9-10H2,1-5H3. The highest BCUT2D eigenvalue weighted by atomic mass is 32.2. The van der Waals surface area contributed by atoms with E-state index < -0.39 is 0 Å². The average Bonchev–Trinajstić information content (AvgIpc) is 3.22. The lowest BCUT2D eigenvalue weighted by Crippen LogP contribution is -2.34. The predicted molar refractivity (Wildman–Crippen MR) is 129 cm³/mol. The minimum Gasteiger partial charge on any atom is -0.308 e. The number of aryl methyl sites for hydroxylation is 1. The molecule has 2 aromatic rings. The molecule has 1 fully saturated rings. The van der Waals surface area contributed by atoms with Crippen molar-refractivity contribution in [3.05, 3.63) is 45.3 Å². The van der Waals surface area contributed by atoms with Crippen LogP contribution in [0.3, 0.4) is 0 Å². The largest absolute Gasteiger partial charge is 0.308 e. The van der Waals surface area contributed by atoms with Crippen LogP contribution in [0.4, 0.5) is 10.8 Å². The number of likely N-dealkylation sites (N-methyl/N-ethyl adjacent to an activating group) is 1. The fourth-order valence-electron chi connectivity index (χ4n) is 2.96. The van der Waals surface area contributed by atoms with Crippen molar-refractivity contribution in [3.8, 4) is 0 Å². The Morgan fingerprint density at radius 1 is 1.30 bits per heavy atom. The molecule has 0 unspecified atom stereocenters. The number of carbonyl (C=O) groups excluding carboxylic acids is 2. The van der Waals surface area contributed by atoms with Crippen LogP contribution >= 0.6 is 35.3 Å². The molecular weight excluding hydrogens is 436 g/mol. The number of hydrogen-bond acceptors (Lipinski definition) is 7. The lowest BCUT2D eigenvalue weighted by atomic mass is 10.1. The van der Waals surface area contributed by atoms with Gasteiger partial charge in [0.05, 0.1) is 16.3 Å². The number of benzene rings is 1. The third-order valence-electron chi connectivity index (χ3n) is 4.76. The molecular formula is C21H24N4O2S3. The number of thioether (sulfide) groups is 1. The van der Waals surface area contributed by atoms with Crippen LogP contribution in [0.2, 0.25) is 0 Å². The number of anilines is 2. The number of aromatic nitrogens is 1. The Morgan fingerprint density at radius 3 is 2.70 bits per heavy atom. The molecule has 6 nitrogen and oxygen atoms in total. The Morgan fingerprint density at radius 2 is 2.03 bits per heavy atom. The number of carbonyl (C=O) groups is 2. The first-order chi connectivity index (χ1) is 14.2. The van der Waals surface area contributed by atoms with Crippen LogP contribution in [-0.2, 0) is 9.59 Å². The topological polar surface area (TPSA) is 56.8 Å². The number of nitrogens with zero attached hydrogens (tertiary/aromatic N) is 4. The Kier molecular flexibility index (Phi) is 7.07. The highest BCUT2D eigenvalue weighted by molar-refractivity contribution is 8.26. The van der Waals surface area contributed by atoms with E-state index >= 15 is 0 Å². The van der Waals surface area contributed by atoms with E-state index in [0.717, 1.165) is 23.4 Å². The molecule has 0 saturated carbocycles. The van der Waals surface area contributed by atoms with Gasteiger partial charge in [-0.2, -0.15) is 0 Å². The summed E-state index contributed by atoms with van der Waals surface area (Å²) in [5, 5.41) is 2.42. The fraction of sp³-hybridized carbons (Fsp3) is 0.333. The van der Waals surface area contributed by atoms with Gasteiger partial charge in [-0.15, -0.1) is 11.3 Å². The lowest BCUT2D eigenvalue weighted by Gasteiger charge is -2.21. The van der Waals surface area contributed by atoms with Gasteiger partial charge in [0.25, 0.3) is 5.91 Å². The molecule has 1 saturated heterocycles. The van der Waals surface area contributed by atoms with Crippen LogP contribution in [-0.4, -0.2) is 58.1 Å². The summed E-state index contributed by atoms with van der Waals surface area (Å²) in [6.45, 7) is 6.84. The van der Waals surface area contributed by atoms with Crippen molar-refractivity contribution in [1.29, 1.82) is 0 Å². The summed E-state index contributed by atoms with van der Waals surface area (Å²) < 4.78 is 0.560. The third-order valence-corrected chi connectivity index (χ3v) is 6.98. The second kappa shape index (κ2) is 9.38. The zero-order chi connectivity index (χ0) is 22.0. The van der Waals surface area contributed by atoms with Crippen LogP contribution in [0, 0.1) is 13.8 Å². The molecule has 1 aromatic heterocycles. The molecule has 30 heavy (non-hydrogen) atoms. The van der Waals surface area contributed by atoms with E-state index in [9.17, 15) is 9.59 Å². The first-order valence-electron chi connectivity index (χ1n) is 9.41. The van der Waals surface area contributed by atoms with Crippen molar-refractivity contribution in [1.82, 2.24) is 14.8 Å². The molecule has 0 N–H and O–H groups in total. The maximum absolute atomic E-state index is 12.7. The molecule has 2 amide bonds. The first kappa shape index (κ1) is 22.6. The second-order valence-corrected chi connectivity index (χ2v) is 9.78. The molecule has 3 rings (SSSR count). The van der Waals surface area contributed by atoms with E-state index in [1.54, 1.807) is 15.9 Å². The number of hydrogen-bond donors (Lipinski definition) is 0. The molecule has 158 valence electrons. The average molecular weight is 461 g/mol. The smallest absolute Gasteiger partial charge is 0.266 e. The summed E-state index contributed by atoms with van der Waals surface area (Å²) in [6, 6.07) is 5.87. The number of thiazole rings is 1. The van der Waals surface area contributed by atoms with Crippen LogP contribution in [0.5, 0.6) is 0 Å². The van der Waals surface area contributed by atoms with Crippen molar-refractivity contribution in [2.45, 2.75) is 20.8 Å². The molecule has 0 radical (unpaired) electrons. The molecule has 9 heteroatoms. The summed E-state index contributed by atoms with van der Waals surface area (Å²) in [4.78, 5) is 35.6. The molecule has 0 atom stereocenters.